The van der Waals surface area contributed by atoms with Crippen LogP contribution in [0.3, 0.4) is 0 Å². The molecular weight excluding hydrogens is 348 g/mol. The van der Waals surface area contributed by atoms with Crippen LogP contribution in [0, 0.1) is 10.8 Å². The number of likely N-dealkylation sites (tertiary alicyclic amines) is 2. The summed E-state index contributed by atoms with van der Waals surface area (Å²) in [4.78, 5) is 17.2. The van der Waals surface area contributed by atoms with Gasteiger partial charge in [0.2, 0.25) is 0 Å². The fraction of sp³-hybridized carbons (Fsp3) is 0.667. The molecular formula is C21H31ClN2O2. The first-order valence-electron chi connectivity index (χ1n) is 9.63. The molecule has 3 rings (SSSR count). The fourth-order valence-electron chi connectivity index (χ4n) is 4.36. The van der Waals surface area contributed by atoms with Crippen LogP contribution in [0.15, 0.2) is 24.3 Å². The number of carbonyl (C=O) groups is 1. The predicted molar refractivity (Wildman–Crippen MR) is 106 cm³/mol. The number of rotatable bonds is 4. The molecule has 0 saturated carbocycles. The first-order chi connectivity index (χ1) is 12.2. The Morgan fingerprint density at radius 3 is 2.58 bits per heavy atom. The van der Waals surface area contributed by atoms with Crippen LogP contribution in [0.4, 0.5) is 0 Å². The first kappa shape index (κ1) is 19.5. The van der Waals surface area contributed by atoms with Gasteiger partial charge in [0.05, 0.1) is 0 Å². The molecule has 2 saturated heterocycles. The van der Waals surface area contributed by atoms with Crippen molar-refractivity contribution in [1.82, 2.24) is 9.80 Å². The predicted octanol–water partition coefficient (Wildman–Crippen LogP) is 4.08. The molecule has 2 aliphatic rings. The van der Waals surface area contributed by atoms with Gasteiger partial charge >= 0.3 is 0 Å². The minimum Gasteiger partial charge on any atom is -0.484 e. The summed E-state index contributed by atoms with van der Waals surface area (Å²) in [6.45, 7) is 12.2. The summed E-state index contributed by atoms with van der Waals surface area (Å²) in [7, 11) is 0. The molecule has 0 aliphatic carbocycles. The third kappa shape index (κ3) is 5.14. The van der Waals surface area contributed by atoms with Gasteiger partial charge in [0.1, 0.15) is 5.75 Å². The summed E-state index contributed by atoms with van der Waals surface area (Å²) in [5.41, 5.74) is 0.596. The van der Waals surface area contributed by atoms with E-state index in [0.717, 1.165) is 32.6 Å². The topological polar surface area (TPSA) is 32.8 Å². The Labute approximate surface area is 162 Å². The van der Waals surface area contributed by atoms with Gasteiger partial charge in [0, 0.05) is 36.6 Å². The highest BCUT2D eigenvalue weighted by Gasteiger charge is 2.43. The summed E-state index contributed by atoms with van der Waals surface area (Å²) < 4.78 is 5.64. The summed E-state index contributed by atoms with van der Waals surface area (Å²) in [5.74, 6) is 0.774. The van der Waals surface area contributed by atoms with Crippen molar-refractivity contribution in [2.75, 3.05) is 39.3 Å². The number of piperidine rings is 1. The molecule has 26 heavy (non-hydrogen) atoms. The third-order valence-electron chi connectivity index (χ3n) is 5.41. The van der Waals surface area contributed by atoms with Gasteiger partial charge in [-0.15, -0.1) is 0 Å². The van der Waals surface area contributed by atoms with Crippen LogP contribution in [0.1, 0.15) is 40.0 Å². The van der Waals surface area contributed by atoms with E-state index in [0.29, 0.717) is 16.2 Å². The van der Waals surface area contributed by atoms with E-state index in [1.54, 1.807) is 24.3 Å². The lowest BCUT2D eigenvalue weighted by Gasteiger charge is -2.42. The molecule has 2 heterocycles. The molecule has 1 spiro atoms. The van der Waals surface area contributed by atoms with E-state index >= 15 is 0 Å². The number of hydrogen-bond acceptors (Lipinski definition) is 3. The molecule has 1 aromatic carbocycles. The van der Waals surface area contributed by atoms with E-state index in [9.17, 15) is 4.79 Å². The number of carbonyl (C=O) groups excluding carboxylic acids is 1. The molecule has 2 fully saturated rings. The highest BCUT2D eigenvalue weighted by Crippen LogP contribution is 2.39. The standard InChI is InChI=1S/C21H31ClN2O2/c1-20(2,3)14-23-11-4-9-21(15-23)10-12-24(16-21)19(25)13-26-18-7-5-17(22)6-8-18/h5-8H,4,9-16H2,1-3H3. The molecule has 1 atom stereocenters. The number of hydrogen-bond donors (Lipinski definition) is 0. The van der Waals surface area contributed by atoms with Gasteiger partial charge in [-0.05, 0) is 55.5 Å². The van der Waals surface area contributed by atoms with Crippen molar-refractivity contribution in [2.24, 2.45) is 10.8 Å². The average Bonchev–Trinajstić information content (AvgIpc) is 2.96. The monoisotopic (exact) mass is 378 g/mol. The zero-order valence-corrected chi connectivity index (χ0v) is 17.0. The van der Waals surface area contributed by atoms with Crippen molar-refractivity contribution in [3.63, 3.8) is 0 Å². The van der Waals surface area contributed by atoms with Crippen LogP contribution in [-0.2, 0) is 4.79 Å². The molecule has 144 valence electrons. The van der Waals surface area contributed by atoms with Crippen LogP contribution in [-0.4, -0.2) is 55.0 Å². The van der Waals surface area contributed by atoms with Gasteiger partial charge in [-0.25, -0.2) is 0 Å². The molecule has 0 radical (unpaired) electrons. The van der Waals surface area contributed by atoms with Gasteiger partial charge in [-0.2, -0.15) is 0 Å². The quantitative estimate of drug-likeness (QED) is 0.791. The number of nitrogens with zero attached hydrogens (tertiary/aromatic N) is 2. The van der Waals surface area contributed by atoms with Crippen LogP contribution in [0.25, 0.3) is 0 Å². The van der Waals surface area contributed by atoms with Crippen LogP contribution >= 0.6 is 11.6 Å². The maximum Gasteiger partial charge on any atom is 0.260 e. The summed E-state index contributed by atoms with van der Waals surface area (Å²) in [6.07, 6.45) is 3.58. The highest BCUT2D eigenvalue weighted by molar-refractivity contribution is 6.30. The van der Waals surface area contributed by atoms with Crippen LogP contribution < -0.4 is 4.74 Å². The smallest absolute Gasteiger partial charge is 0.260 e. The van der Waals surface area contributed by atoms with E-state index < -0.39 is 0 Å². The summed E-state index contributed by atoms with van der Waals surface area (Å²) >= 11 is 5.88. The Morgan fingerprint density at radius 1 is 1.15 bits per heavy atom. The number of benzene rings is 1. The van der Waals surface area contributed by atoms with Gasteiger partial charge in [0.25, 0.3) is 5.91 Å². The minimum absolute atomic E-state index is 0.0877. The Kier molecular flexibility index (Phi) is 5.83. The van der Waals surface area contributed by atoms with E-state index in [1.165, 1.54) is 19.4 Å². The number of amides is 1. The summed E-state index contributed by atoms with van der Waals surface area (Å²) in [5, 5.41) is 0.669. The van der Waals surface area contributed by atoms with Gasteiger partial charge in [0.15, 0.2) is 6.61 Å². The zero-order valence-electron chi connectivity index (χ0n) is 16.3. The Hall–Kier alpha value is -1.26. The maximum atomic E-state index is 12.6. The first-order valence-corrected chi connectivity index (χ1v) is 10.0. The molecule has 0 aromatic heterocycles. The molecule has 1 unspecified atom stereocenters. The van der Waals surface area contributed by atoms with Crippen molar-refractivity contribution in [1.29, 1.82) is 0 Å². The Morgan fingerprint density at radius 2 is 1.88 bits per heavy atom. The second kappa shape index (κ2) is 7.77. The molecule has 0 bridgehead atoms. The largest absolute Gasteiger partial charge is 0.484 e. The molecule has 4 nitrogen and oxygen atoms in total. The van der Waals surface area contributed by atoms with E-state index in [-0.39, 0.29) is 17.9 Å². The maximum absolute atomic E-state index is 12.6. The highest BCUT2D eigenvalue weighted by atomic mass is 35.5. The SMILES string of the molecule is CC(C)(C)CN1CCCC2(CCN(C(=O)COc3ccc(Cl)cc3)C2)C1. The number of ether oxygens (including phenoxy) is 1. The van der Waals surface area contributed by atoms with Crippen molar-refractivity contribution >= 4 is 17.5 Å². The lowest BCUT2D eigenvalue weighted by Crippen LogP contribution is -2.47. The average molecular weight is 379 g/mol. The Balaban J connectivity index is 1.52. The Bertz CT molecular complexity index is 626. The van der Waals surface area contributed by atoms with Crippen molar-refractivity contribution in [2.45, 2.75) is 40.0 Å². The van der Waals surface area contributed by atoms with Gasteiger partial charge < -0.3 is 14.5 Å². The second-order valence-electron chi connectivity index (χ2n) is 9.18. The van der Waals surface area contributed by atoms with Crippen LogP contribution in [0.2, 0.25) is 5.02 Å². The van der Waals surface area contributed by atoms with E-state index in [2.05, 4.69) is 25.7 Å². The molecule has 0 N–H and O–H groups in total. The van der Waals surface area contributed by atoms with E-state index in [4.69, 9.17) is 16.3 Å². The molecule has 5 heteroatoms. The van der Waals surface area contributed by atoms with Crippen molar-refractivity contribution in [3.8, 4) is 5.75 Å². The molecule has 2 aliphatic heterocycles. The van der Waals surface area contributed by atoms with Gasteiger partial charge in [-0.3, -0.25) is 4.79 Å². The minimum atomic E-state index is 0.0877. The lowest BCUT2D eigenvalue weighted by atomic mass is 9.78. The fourth-order valence-corrected chi connectivity index (χ4v) is 4.49. The van der Waals surface area contributed by atoms with Crippen molar-refractivity contribution < 1.29 is 9.53 Å². The molecule has 1 aromatic rings. The summed E-state index contributed by atoms with van der Waals surface area (Å²) in [6, 6.07) is 7.15. The second-order valence-corrected chi connectivity index (χ2v) is 9.62. The van der Waals surface area contributed by atoms with Crippen LogP contribution in [0.5, 0.6) is 5.75 Å². The number of halogens is 1. The zero-order chi connectivity index (χ0) is 18.8. The normalized spacial score (nSPS) is 24.2. The van der Waals surface area contributed by atoms with Crippen molar-refractivity contribution in [3.05, 3.63) is 29.3 Å². The third-order valence-corrected chi connectivity index (χ3v) is 5.66. The van der Waals surface area contributed by atoms with E-state index in [1.807, 2.05) is 4.90 Å². The lowest BCUT2D eigenvalue weighted by molar-refractivity contribution is -0.132. The molecule has 1 amide bonds. The van der Waals surface area contributed by atoms with Gasteiger partial charge in [-0.1, -0.05) is 32.4 Å².